The molecule has 4 amide bonds. The van der Waals surface area contributed by atoms with Gasteiger partial charge in [-0.2, -0.15) is 0 Å². The summed E-state index contributed by atoms with van der Waals surface area (Å²) in [6.07, 6.45) is 5.52. The fourth-order valence-corrected chi connectivity index (χ4v) is 11.2. The van der Waals surface area contributed by atoms with Gasteiger partial charge in [-0.25, -0.2) is 10.4 Å². The molecule has 15 nitrogen and oxygen atoms in total. The molecule has 4 aromatic rings. The average Bonchev–Trinajstić information content (AvgIpc) is 4.10. The minimum atomic E-state index is -1.07. The van der Waals surface area contributed by atoms with Crippen LogP contribution in [-0.2, 0) is 52.8 Å². The van der Waals surface area contributed by atoms with Crippen LogP contribution in [0.1, 0.15) is 89.6 Å². The number of carbonyl (C=O) groups excluding carboxylic acids is 5. The van der Waals surface area contributed by atoms with Crippen molar-refractivity contribution in [2.75, 3.05) is 39.9 Å². The molecule has 2 N–H and O–H groups in total. The fraction of sp³-hybridized carbons (Fsp3) is 0.531. The SMILES string of the molecule is C=CC(=O)N1CC[C@@]2(CCN([C@H](C(=O)N[C@H]3Cc4nc(cs4)-c4ccc5c(c4)c(c(-c4cccnc4[C@H](C)OC)n5CC)CC(C)(C)COC(=O)[C@@H]4CCCN(N4)C3=O)C(C)C)C2=O)C1. The van der Waals surface area contributed by atoms with E-state index in [4.69, 9.17) is 19.4 Å². The van der Waals surface area contributed by atoms with E-state index >= 15 is 0 Å². The third-order valence-electron chi connectivity index (χ3n) is 13.8. The molecular formula is C49H62N8O7S. The molecule has 65 heavy (non-hydrogen) atoms. The number of pyridine rings is 1. The lowest BCUT2D eigenvalue weighted by molar-refractivity contribution is -0.155. The van der Waals surface area contributed by atoms with Crippen molar-refractivity contribution in [2.24, 2.45) is 16.7 Å². The van der Waals surface area contributed by atoms with Crippen molar-refractivity contribution in [3.63, 3.8) is 0 Å². The van der Waals surface area contributed by atoms with E-state index in [1.165, 1.54) is 22.4 Å². The maximum atomic E-state index is 14.7. The molecule has 346 valence electrons. The second-order valence-corrected chi connectivity index (χ2v) is 20.1. The number of aromatic nitrogens is 3. The molecule has 0 unspecified atom stereocenters. The van der Waals surface area contributed by atoms with Crippen molar-refractivity contribution >= 4 is 51.8 Å². The number of thiazole rings is 1. The van der Waals surface area contributed by atoms with E-state index in [-0.39, 0.29) is 43.4 Å². The topological polar surface area (TPSA) is 168 Å². The number of benzene rings is 1. The molecule has 5 atom stereocenters. The van der Waals surface area contributed by atoms with Gasteiger partial charge in [0.15, 0.2) is 0 Å². The smallest absolute Gasteiger partial charge is 0.324 e. The van der Waals surface area contributed by atoms with Crippen molar-refractivity contribution in [1.29, 1.82) is 0 Å². The van der Waals surface area contributed by atoms with Crippen LogP contribution >= 0.6 is 11.3 Å². The van der Waals surface area contributed by atoms with Crippen molar-refractivity contribution in [3.8, 4) is 22.5 Å². The Kier molecular flexibility index (Phi) is 13.1. The van der Waals surface area contributed by atoms with Crippen molar-refractivity contribution in [1.82, 2.24) is 40.1 Å². The summed E-state index contributed by atoms with van der Waals surface area (Å²) in [5.74, 6) is -1.96. The van der Waals surface area contributed by atoms with E-state index in [0.29, 0.717) is 63.3 Å². The number of ether oxygens (including phenoxy) is 2. The number of hydrogen-bond acceptors (Lipinski definition) is 11. The first kappa shape index (κ1) is 46.1. The second-order valence-electron chi connectivity index (χ2n) is 19.2. The Morgan fingerprint density at radius 2 is 1.91 bits per heavy atom. The standard InChI is InChI=1S/C49H62N8O7S/c1-9-40(58)54-21-17-49(27-54)18-22-56(47(49)62)42(29(3)4)44(59)52-36-24-39-51-37(26-65-39)31-15-16-38-33(23-31)34(43(55(38)10-2)32-13-11-19-50-41(32)30(5)63-8)25-48(6,7)28-64-46(61)35-14-12-20-57(53-35)45(36)60/h9,11,13,15-16,19,23,26,29-30,35-36,42,53H,1,10,12,14,17-18,20-22,24-25,27-28H2,2-8H3,(H,52,59)/t30-,35-,36-,42-,49+/m0/s1. The minimum Gasteiger partial charge on any atom is -0.464 e. The first-order valence-electron chi connectivity index (χ1n) is 22.9. The molecule has 3 aromatic heterocycles. The summed E-state index contributed by atoms with van der Waals surface area (Å²) in [6, 6.07) is 7.71. The number of hydrogen-bond donors (Lipinski definition) is 2. The van der Waals surface area contributed by atoms with Gasteiger partial charge in [0.2, 0.25) is 17.7 Å². The highest BCUT2D eigenvalue weighted by atomic mass is 32.1. The van der Waals surface area contributed by atoms with Crippen LogP contribution in [0, 0.1) is 16.7 Å². The van der Waals surface area contributed by atoms with Gasteiger partial charge < -0.3 is 29.2 Å². The number of amides is 4. The summed E-state index contributed by atoms with van der Waals surface area (Å²) < 4.78 is 14.2. The molecule has 0 aliphatic carbocycles. The molecule has 4 aliphatic rings. The van der Waals surface area contributed by atoms with E-state index < -0.39 is 46.7 Å². The normalized spacial score (nSPS) is 23.5. The van der Waals surface area contributed by atoms with E-state index in [9.17, 15) is 24.0 Å². The zero-order valence-corrected chi connectivity index (χ0v) is 39.5. The highest BCUT2D eigenvalue weighted by Crippen LogP contribution is 2.44. The van der Waals surface area contributed by atoms with Gasteiger partial charge in [0.1, 0.15) is 18.1 Å². The third kappa shape index (κ3) is 8.84. The maximum absolute atomic E-state index is 14.7. The summed E-state index contributed by atoms with van der Waals surface area (Å²) in [5.41, 5.74) is 8.54. The number of methoxy groups -OCH3 is 1. The van der Waals surface area contributed by atoms with Crippen molar-refractivity contribution in [2.45, 2.75) is 111 Å². The Bertz CT molecular complexity index is 2510. The van der Waals surface area contributed by atoms with Crippen LogP contribution < -0.4 is 10.7 Å². The lowest BCUT2D eigenvalue weighted by atomic mass is 9.84. The Labute approximate surface area is 384 Å². The van der Waals surface area contributed by atoms with E-state index in [1.54, 1.807) is 23.1 Å². The molecule has 1 aromatic carbocycles. The highest BCUT2D eigenvalue weighted by molar-refractivity contribution is 7.10. The van der Waals surface area contributed by atoms with Crippen LogP contribution in [0.25, 0.3) is 33.4 Å². The number of hydrazine groups is 1. The summed E-state index contributed by atoms with van der Waals surface area (Å²) in [7, 11) is 1.69. The quantitative estimate of drug-likeness (QED) is 0.153. The molecular weight excluding hydrogens is 845 g/mol. The van der Waals surface area contributed by atoms with Gasteiger partial charge in [-0.05, 0) is 87.8 Å². The minimum absolute atomic E-state index is 0.0867. The first-order chi connectivity index (χ1) is 31.1. The maximum Gasteiger partial charge on any atom is 0.324 e. The summed E-state index contributed by atoms with van der Waals surface area (Å²) in [6.45, 7) is 18.0. The molecule has 3 saturated heterocycles. The molecule has 6 bridgehead atoms. The average molecular weight is 907 g/mol. The predicted molar refractivity (Wildman–Crippen MR) is 248 cm³/mol. The molecule has 7 heterocycles. The summed E-state index contributed by atoms with van der Waals surface area (Å²) in [4.78, 5) is 83.0. The predicted octanol–water partition coefficient (Wildman–Crippen LogP) is 5.86. The Hall–Kier alpha value is -5.45. The number of likely N-dealkylation sites (tertiary alicyclic amines) is 2. The fourth-order valence-electron chi connectivity index (χ4n) is 10.3. The molecule has 3 fully saturated rings. The number of nitrogens with one attached hydrogen (secondary N) is 2. The van der Waals surface area contributed by atoms with Crippen LogP contribution in [0.4, 0.5) is 0 Å². The Morgan fingerprint density at radius 1 is 1.12 bits per heavy atom. The molecule has 1 spiro atoms. The van der Waals surface area contributed by atoms with Gasteiger partial charge >= 0.3 is 5.97 Å². The van der Waals surface area contributed by atoms with Gasteiger partial charge in [-0.1, -0.05) is 40.3 Å². The highest BCUT2D eigenvalue weighted by Gasteiger charge is 2.54. The summed E-state index contributed by atoms with van der Waals surface area (Å²) >= 11 is 1.41. The van der Waals surface area contributed by atoms with Crippen LogP contribution in [0.3, 0.4) is 0 Å². The molecule has 16 heteroatoms. The number of cyclic esters (lactones) is 1. The monoisotopic (exact) mass is 906 g/mol. The van der Waals surface area contributed by atoms with Gasteiger partial charge in [0, 0.05) is 85.3 Å². The van der Waals surface area contributed by atoms with E-state index in [2.05, 4.69) is 66.9 Å². The number of fused-ring (bicyclic) bond motifs is 6. The van der Waals surface area contributed by atoms with Gasteiger partial charge in [-0.3, -0.25) is 34.0 Å². The number of nitrogens with zero attached hydrogens (tertiary/aromatic N) is 6. The van der Waals surface area contributed by atoms with E-state index in [1.807, 2.05) is 32.2 Å². The zero-order chi connectivity index (χ0) is 46.4. The Morgan fingerprint density at radius 3 is 2.65 bits per heavy atom. The first-order valence-corrected chi connectivity index (χ1v) is 23.8. The lowest BCUT2D eigenvalue weighted by Gasteiger charge is -2.36. The second kappa shape index (κ2) is 18.4. The molecule has 8 rings (SSSR count). The number of esters is 1. The lowest BCUT2D eigenvalue weighted by Crippen LogP contribution is -2.62. The molecule has 0 saturated carbocycles. The van der Waals surface area contributed by atoms with Gasteiger partial charge in [0.05, 0.1) is 40.2 Å². The zero-order valence-electron chi connectivity index (χ0n) is 38.6. The van der Waals surface area contributed by atoms with Crippen LogP contribution in [0.15, 0.2) is 54.6 Å². The van der Waals surface area contributed by atoms with Crippen LogP contribution in [0.5, 0.6) is 0 Å². The number of aryl methyl sites for hydroxylation is 1. The van der Waals surface area contributed by atoms with Crippen LogP contribution in [-0.4, -0.2) is 117 Å². The van der Waals surface area contributed by atoms with E-state index in [0.717, 1.165) is 44.7 Å². The van der Waals surface area contributed by atoms with Crippen molar-refractivity contribution < 1.29 is 33.4 Å². The van der Waals surface area contributed by atoms with Gasteiger partial charge in [0.25, 0.3) is 5.91 Å². The summed E-state index contributed by atoms with van der Waals surface area (Å²) in [5, 5.41) is 8.17. The molecule has 0 radical (unpaired) electrons. The largest absolute Gasteiger partial charge is 0.464 e. The molecule has 4 aliphatic heterocycles. The van der Waals surface area contributed by atoms with Crippen LogP contribution in [0.2, 0.25) is 0 Å². The third-order valence-corrected chi connectivity index (χ3v) is 14.6. The number of carbonyl (C=O) groups is 5. The van der Waals surface area contributed by atoms with Gasteiger partial charge in [-0.15, -0.1) is 11.3 Å². The Balaban J connectivity index is 1.17. The van der Waals surface area contributed by atoms with Crippen molar-refractivity contribution in [3.05, 3.63) is 70.8 Å². The number of rotatable bonds is 9.